The maximum atomic E-state index is 14.0. The number of hydrogen-bond acceptors (Lipinski definition) is 5. The van der Waals surface area contributed by atoms with Crippen LogP contribution in [0.2, 0.25) is 0 Å². The van der Waals surface area contributed by atoms with Crippen molar-refractivity contribution in [3.05, 3.63) is 86.1 Å². The molecule has 204 valence electrons. The van der Waals surface area contributed by atoms with E-state index in [2.05, 4.69) is 9.97 Å². The van der Waals surface area contributed by atoms with E-state index in [4.69, 9.17) is 0 Å². The van der Waals surface area contributed by atoms with Crippen molar-refractivity contribution in [2.75, 3.05) is 6.61 Å². The summed E-state index contributed by atoms with van der Waals surface area (Å²) in [6.45, 7) is 3.69. The van der Waals surface area contributed by atoms with Crippen molar-refractivity contribution in [3.63, 3.8) is 0 Å². The van der Waals surface area contributed by atoms with Crippen LogP contribution in [0.25, 0.3) is 32.9 Å². The Kier molecular flexibility index (Phi) is 6.35. The number of aromatic amines is 2. The van der Waals surface area contributed by atoms with Gasteiger partial charge in [0.2, 0.25) is 5.78 Å². The van der Waals surface area contributed by atoms with E-state index in [0.29, 0.717) is 33.8 Å². The van der Waals surface area contributed by atoms with Crippen LogP contribution in [-0.2, 0) is 6.42 Å². The summed E-state index contributed by atoms with van der Waals surface area (Å²) >= 11 is 0.749. The van der Waals surface area contributed by atoms with Crippen LogP contribution in [-0.4, -0.2) is 43.6 Å². The molecule has 40 heavy (non-hydrogen) atoms. The number of hydrogen-bond donors (Lipinski definition) is 5. The first-order valence-corrected chi connectivity index (χ1v) is 13.8. The minimum Gasteiger partial charge on any atom is -0.506 e. The van der Waals surface area contributed by atoms with Gasteiger partial charge in [0, 0.05) is 44.8 Å². The fourth-order valence-corrected chi connectivity index (χ4v) is 6.39. The van der Waals surface area contributed by atoms with Gasteiger partial charge < -0.3 is 25.3 Å². The molecule has 3 heterocycles. The zero-order chi connectivity index (χ0) is 28.3. The second kappa shape index (κ2) is 9.76. The maximum Gasteiger partial charge on any atom is 0.346 e. The average molecular weight is 559 g/mol. The fourth-order valence-electron chi connectivity index (χ4n) is 5.40. The SMILES string of the molecule is CC(=CCc1ccc(C)c2c(C(=O)c3sc(C(=O)O)c(-c4c(C5CC5)[nH]c5cc(F)ccc45)c3O)c[nH]c12)CO. The molecule has 0 aliphatic heterocycles. The molecule has 6 rings (SSSR count). The summed E-state index contributed by atoms with van der Waals surface area (Å²) in [4.78, 5) is 32.6. The number of aromatic carboxylic acids is 1. The number of aliphatic hydroxyl groups excluding tert-OH is 1. The molecule has 1 saturated carbocycles. The Morgan fingerprint density at radius 3 is 2.62 bits per heavy atom. The van der Waals surface area contributed by atoms with Gasteiger partial charge in [0.1, 0.15) is 21.3 Å². The van der Waals surface area contributed by atoms with Crippen LogP contribution < -0.4 is 0 Å². The van der Waals surface area contributed by atoms with Crippen LogP contribution >= 0.6 is 11.3 Å². The number of aromatic nitrogens is 2. The van der Waals surface area contributed by atoms with Crippen molar-refractivity contribution < 1.29 is 29.3 Å². The predicted molar refractivity (Wildman–Crippen MR) is 153 cm³/mol. The lowest BCUT2D eigenvalue weighted by Gasteiger charge is -2.07. The van der Waals surface area contributed by atoms with Crippen LogP contribution in [0.3, 0.4) is 0 Å². The second-order valence-corrected chi connectivity index (χ2v) is 11.4. The van der Waals surface area contributed by atoms with Crippen LogP contribution in [0.1, 0.15) is 67.4 Å². The van der Waals surface area contributed by atoms with Crippen molar-refractivity contribution in [2.24, 2.45) is 0 Å². The van der Waals surface area contributed by atoms with E-state index >= 15 is 0 Å². The van der Waals surface area contributed by atoms with E-state index in [0.717, 1.165) is 52.1 Å². The first-order chi connectivity index (χ1) is 19.2. The minimum absolute atomic E-state index is 0.0385. The molecule has 0 bridgehead atoms. The molecule has 0 atom stereocenters. The molecule has 9 heteroatoms. The number of aryl methyl sites for hydroxylation is 1. The molecule has 1 aliphatic carbocycles. The molecule has 5 N–H and O–H groups in total. The molecule has 0 radical (unpaired) electrons. The minimum atomic E-state index is -1.25. The molecule has 1 aliphatic rings. The number of nitrogens with one attached hydrogen (secondary N) is 2. The van der Waals surface area contributed by atoms with Crippen LogP contribution in [0.5, 0.6) is 5.75 Å². The lowest BCUT2D eigenvalue weighted by molar-refractivity contribution is 0.0702. The first kappa shape index (κ1) is 26.0. The van der Waals surface area contributed by atoms with E-state index in [1.54, 1.807) is 12.3 Å². The number of carbonyl (C=O) groups is 2. The Morgan fingerprint density at radius 2 is 1.93 bits per heavy atom. The van der Waals surface area contributed by atoms with Gasteiger partial charge in [-0.1, -0.05) is 23.8 Å². The Bertz CT molecular complexity index is 1870. The molecule has 2 aromatic carbocycles. The smallest absolute Gasteiger partial charge is 0.346 e. The van der Waals surface area contributed by atoms with E-state index in [9.17, 15) is 29.3 Å². The standard InChI is InChI=1S/C31H27FN2O5S/c1-14(13-35)3-5-16-6-4-15(2)22-20(12-33-25(16)22)27(36)30-28(37)24(29(40-30)31(38)39)23-19-10-9-18(32)11-21(19)34-26(23)17-7-8-17/h3-4,6,9-12,17,33-35,37H,5,7-8,13H2,1-2H3,(H,38,39). The number of thiophene rings is 1. The number of halogens is 1. The molecule has 0 spiro atoms. The quantitative estimate of drug-likeness (QED) is 0.106. The molecule has 7 nitrogen and oxygen atoms in total. The van der Waals surface area contributed by atoms with Gasteiger partial charge in [-0.15, -0.1) is 11.3 Å². The second-order valence-electron chi connectivity index (χ2n) is 10.4. The molecule has 5 aromatic rings. The number of fused-ring (bicyclic) bond motifs is 2. The molecule has 0 saturated heterocycles. The topological polar surface area (TPSA) is 126 Å². The monoisotopic (exact) mass is 558 g/mol. The van der Waals surface area contributed by atoms with Gasteiger partial charge in [-0.2, -0.15) is 0 Å². The van der Waals surface area contributed by atoms with E-state index in [1.807, 2.05) is 32.1 Å². The van der Waals surface area contributed by atoms with Crippen molar-refractivity contribution in [3.8, 4) is 16.9 Å². The number of carboxylic acids is 1. The predicted octanol–water partition coefficient (Wildman–Crippen LogP) is 6.82. The highest BCUT2D eigenvalue weighted by atomic mass is 32.1. The zero-order valence-electron chi connectivity index (χ0n) is 21.9. The fraction of sp³-hybridized carbons (Fsp3) is 0.226. The van der Waals surface area contributed by atoms with Gasteiger partial charge in [-0.05, 0) is 68.4 Å². The van der Waals surface area contributed by atoms with Gasteiger partial charge in [0.15, 0.2) is 0 Å². The number of rotatable bonds is 8. The Hall–Kier alpha value is -4.21. The average Bonchev–Trinajstić information content (AvgIpc) is 3.42. The number of H-pyrrole nitrogens is 2. The molecular weight excluding hydrogens is 531 g/mol. The van der Waals surface area contributed by atoms with Gasteiger partial charge in [0.25, 0.3) is 0 Å². The normalized spacial score (nSPS) is 13.9. The number of allylic oxidation sites excluding steroid dienone is 1. The summed E-state index contributed by atoms with van der Waals surface area (Å²) in [7, 11) is 0. The zero-order valence-corrected chi connectivity index (χ0v) is 22.7. The Morgan fingerprint density at radius 1 is 1.15 bits per heavy atom. The third-order valence-electron chi connectivity index (χ3n) is 7.60. The van der Waals surface area contributed by atoms with E-state index in [1.165, 1.54) is 12.1 Å². The summed E-state index contributed by atoms with van der Waals surface area (Å²) in [5.74, 6) is -2.41. The Balaban J connectivity index is 1.52. The van der Waals surface area contributed by atoms with E-state index < -0.39 is 17.6 Å². The highest BCUT2D eigenvalue weighted by Crippen LogP contribution is 2.52. The lowest BCUT2D eigenvalue weighted by Crippen LogP contribution is -1.99. The number of carbonyl (C=O) groups excluding carboxylic acids is 1. The van der Waals surface area contributed by atoms with Crippen LogP contribution in [0.4, 0.5) is 4.39 Å². The summed E-state index contributed by atoms with van der Waals surface area (Å²) in [5, 5.41) is 32.3. The molecule has 1 fully saturated rings. The largest absolute Gasteiger partial charge is 0.506 e. The number of aliphatic hydroxyl groups is 1. The highest BCUT2D eigenvalue weighted by Gasteiger charge is 2.35. The number of benzene rings is 2. The molecule has 0 unspecified atom stereocenters. The summed E-state index contributed by atoms with van der Waals surface area (Å²) < 4.78 is 14.0. The van der Waals surface area contributed by atoms with Gasteiger partial charge in [-0.25, -0.2) is 9.18 Å². The number of ketones is 1. The van der Waals surface area contributed by atoms with Crippen molar-refractivity contribution in [1.82, 2.24) is 9.97 Å². The van der Waals surface area contributed by atoms with Gasteiger partial charge in [0.05, 0.1) is 12.2 Å². The van der Waals surface area contributed by atoms with E-state index in [-0.39, 0.29) is 33.6 Å². The van der Waals surface area contributed by atoms with Crippen molar-refractivity contribution in [1.29, 1.82) is 0 Å². The van der Waals surface area contributed by atoms with Crippen LogP contribution in [0.15, 0.2) is 48.2 Å². The number of aromatic hydroxyl groups is 1. The molecular formula is C31H27FN2O5S. The van der Waals surface area contributed by atoms with Crippen molar-refractivity contribution in [2.45, 2.75) is 39.0 Å². The third-order valence-corrected chi connectivity index (χ3v) is 8.77. The Labute approximate surface area is 232 Å². The summed E-state index contributed by atoms with van der Waals surface area (Å²) in [5.41, 5.74) is 5.58. The van der Waals surface area contributed by atoms with Crippen LogP contribution in [0, 0.1) is 12.7 Å². The summed E-state index contributed by atoms with van der Waals surface area (Å²) in [6, 6.07) is 8.11. The number of carboxylic acid groups (broad SMARTS) is 1. The highest BCUT2D eigenvalue weighted by molar-refractivity contribution is 7.17. The molecule has 0 amide bonds. The molecule has 3 aromatic heterocycles. The lowest BCUT2D eigenvalue weighted by atomic mass is 9.96. The maximum absolute atomic E-state index is 14.0. The first-order valence-electron chi connectivity index (χ1n) is 13.0. The van der Waals surface area contributed by atoms with Gasteiger partial charge in [-0.3, -0.25) is 4.79 Å². The van der Waals surface area contributed by atoms with Crippen molar-refractivity contribution >= 4 is 44.9 Å². The van der Waals surface area contributed by atoms with Gasteiger partial charge >= 0.3 is 5.97 Å². The third kappa shape index (κ3) is 4.22. The summed E-state index contributed by atoms with van der Waals surface area (Å²) in [6.07, 6.45) is 5.86.